The third-order valence-corrected chi connectivity index (χ3v) is 8.26. The van der Waals surface area contributed by atoms with E-state index in [4.69, 9.17) is 25.8 Å². The first kappa shape index (κ1) is 37.0. The van der Waals surface area contributed by atoms with E-state index < -0.39 is 28.9 Å². The lowest BCUT2D eigenvalue weighted by Crippen LogP contribution is -2.26. The molecule has 0 radical (unpaired) electrons. The molecule has 0 N–H and O–H groups in total. The van der Waals surface area contributed by atoms with Gasteiger partial charge in [-0.1, -0.05) is 23.7 Å². The predicted octanol–water partition coefficient (Wildman–Crippen LogP) is 9.81. The summed E-state index contributed by atoms with van der Waals surface area (Å²) in [6.07, 6.45) is 9.97. The van der Waals surface area contributed by atoms with Crippen molar-refractivity contribution in [2.24, 2.45) is 0 Å². The highest BCUT2D eigenvalue weighted by Crippen LogP contribution is 2.41. The van der Waals surface area contributed by atoms with Crippen molar-refractivity contribution in [3.8, 4) is 0 Å². The topological polar surface area (TPSA) is 110 Å². The van der Waals surface area contributed by atoms with Gasteiger partial charge in [-0.05, 0) is 141 Å². The van der Waals surface area contributed by atoms with Gasteiger partial charge in [0.05, 0.1) is 22.3 Å². The molecule has 0 spiro atoms. The van der Waals surface area contributed by atoms with Crippen molar-refractivity contribution in [1.82, 2.24) is 14.5 Å². The number of benzene rings is 1. The van der Waals surface area contributed by atoms with Gasteiger partial charge in [-0.2, -0.15) is 0 Å². The van der Waals surface area contributed by atoms with E-state index in [0.717, 1.165) is 53.3 Å². The molecule has 0 atom stereocenters. The average Bonchev–Trinajstić information content (AvgIpc) is 3.93. The molecule has 0 unspecified atom stereocenters. The Balaban J connectivity index is 0.000000240. The van der Waals surface area contributed by atoms with E-state index in [1.54, 1.807) is 18.5 Å². The van der Waals surface area contributed by atoms with Crippen molar-refractivity contribution < 1.29 is 28.6 Å². The molecule has 9 nitrogen and oxygen atoms in total. The van der Waals surface area contributed by atoms with Gasteiger partial charge in [-0.15, -0.1) is 0 Å². The van der Waals surface area contributed by atoms with E-state index in [1.165, 1.54) is 4.57 Å². The van der Waals surface area contributed by atoms with Crippen LogP contribution in [-0.4, -0.2) is 49.4 Å². The van der Waals surface area contributed by atoms with E-state index in [9.17, 15) is 14.4 Å². The number of nitrogens with zero attached hydrogens (tertiary/aromatic N) is 3. The molecule has 1 aromatic carbocycles. The number of pyridine rings is 2. The number of hydrogen-bond donors (Lipinski definition) is 0. The van der Waals surface area contributed by atoms with Gasteiger partial charge in [-0.25, -0.2) is 19.4 Å². The molecule has 2 aliphatic rings. The number of carbonyl (C=O) groups excluding carboxylic acids is 3. The molecule has 0 amide bonds. The Morgan fingerprint density at radius 1 is 0.740 bits per heavy atom. The summed E-state index contributed by atoms with van der Waals surface area (Å²) in [5, 5.41) is 1.13. The maximum absolute atomic E-state index is 13.0. The van der Waals surface area contributed by atoms with Gasteiger partial charge in [-0.3, -0.25) is 9.55 Å². The zero-order chi connectivity index (χ0) is 36.6. The van der Waals surface area contributed by atoms with Crippen LogP contribution in [0.1, 0.15) is 143 Å². The lowest BCUT2D eigenvalue weighted by molar-refractivity contribution is 0.00558. The summed E-state index contributed by atoms with van der Waals surface area (Å²) in [6.45, 7) is 16.6. The Labute approximate surface area is 299 Å². The molecule has 50 heavy (non-hydrogen) atoms. The average molecular weight is 702 g/mol. The third-order valence-electron chi connectivity index (χ3n) is 7.96. The van der Waals surface area contributed by atoms with Crippen LogP contribution < -0.4 is 0 Å². The first-order valence-corrected chi connectivity index (χ1v) is 17.6. The smallest absolute Gasteiger partial charge is 0.418 e. The number of rotatable bonds is 6. The van der Waals surface area contributed by atoms with Crippen LogP contribution in [0.3, 0.4) is 0 Å². The van der Waals surface area contributed by atoms with Crippen LogP contribution in [0, 0.1) is 0 Å². The molecule has 0 saturated heterocycles. The van der Waals surface area contributed by atoms with Gasteiger partial charge in [0.25, 0.3) is 0 Å². The fraction of sp³-hybridized carbons (Fsp3) is 0.475. The lowest BCUT2D eigenvalue weighted by atomic mass is 10.00. The molecular formula is C40H48ClN3O6. The predicted molar refractivity (Wildman–Crippen MR) is 194 cm³/mol. The summed E-state index contributed by atoms with van der Waals surface area (Å²) in [4.78, 5) is 46.4. The zero-order valence-electron chi connectivity index (χ0n) is 30.6. The van der Waals surface area contributed by atoms with Crippen LogP contribution in [0.4, 0.5) is 4.79 Å². The van der Waals surface area contributed by atoms with Gasteiger partial charge in [0.2, 0.25) is 0 Å². The van der Waals surface area contributed by atoms with Crippen LogP contribution >= 0.6 is 11.6 Å². The monoisotopic (exact) mass is 701 g/mol. The Morgan fingerprint density at radius 3 is 1.80 bits per heavy atom. The molecule has 3 heterocycles. The number of hydrogen-bond acceptors (Lipinski definition) is 8. The van der Waals surface area contributed by atoms with Crippen LogP contribution in [0.25, 0.3) is 10.9 Å². The zero-order valence-corrected chi connectivity index (χ0v) is 31.3. The molecule has 10 heteroatoms. The first-order chi connectivity index (χ1) is 23.3. The highest BCUT2D eigenvalue weighted by atomic mass is 35.5. The summed E-state index contributed by atoms with van der Waals surface area (Å²) in [5.74, 6) is 0.267. The minimum Gasteiger partial charge on any atom is -0.456 e. The Kier molecular flexibility index (Phi) is 10.5. The molecule has 6 rings (SSSR count). The highest BCUT2D eigenvalue weighted by Gasteiger charge is 2.29. The minimum atomic E-state index is -0.589. The molecule has 2 fully saturated rings. The van der Waals surface area contributed by atoms with E-state index in [-0.39, 0.29) is 11.1 Å². The second kappa shape index (κ2) is 14.2. The van der Waals surface area contributed by atoms with Crippen molar-refractivity contribution in [2.45, 2.75) is 123 Å². The number of halogens is 1. The number of esters is 2. The van der Waals surface area contributed by atoms with Gasteiger partial charge >= 0.3 is 18.0 Å². The molecule has 0 aliphatic heterocycles. The summed E-state index contributed by atoms with van der Waals surface area (Å²) < 4.78 is 18.0. The molecule has 266 valence electrons. The maximum atomic E-state index is 13.0. The number of fused-ring (bicyclic) bond motifs is 1. The lowest BCUT2D eigenvalue weighted by Gasteiger charge is -2.21. The molecule has 2 aliphatic carbocycles. The van der Waals surface area contributed by atoms with E-state index in [1.807, 2.05) is 98.8 Å². The minimum absolute atomic E-state index is 0.212. The maximum Gasteiger partial charge on any atom is 0.418 e. The van der Waals surface area contributed by atoms with E-state index >= 15 is 0 Å². The largest absolute Gasteiger partial charge is 0.456 e. The van der Waals surface area contributed by atoms with Crippen LogP contribution in [0.2, 0.25) is 5.15 Å². The van der Waals surface area contributed by atoms with E-state index in [2.05, 4.69) is 9.97 Å². The molecular weight excluding hydrogens is 654 g/mol. The van der Waals surface area contributed by atoms with Crippen LogP contribution in [0.5, 0.6) is 0 Å². The van der Waals surface area contributed by atoms with Gasteiger partial charge in [0.15, 0.2) is 0 Å². The first-order valence-electron chi connectivity index (χ1n) is 17.2. The Morgan fingerprint density at radius 2 is 1.26 bits per heavy atom. The van der Waals surface area contributed by atoms with Crippen molar-refractivity contribution >= 4 is 40.5 Å². The number of ether oxygens (including phenoxy) is 3. The summed E-state index contributed by atoms with van der Waals surface area (Å²) in [6, 6.07) is 11.4. The van der Waals surface area contributed by atoms with Crippen molar-refractivity contribution in [1.29, 1.82) is 0 Å². The van der Waals surface area contributed by atoms with Gasteiger partial charge < -0.3 is 14.2 Å². The van der Waals surface area contributed by atoms with E-state index in [0.29, 0.717) is 35.1 Å². The van der Waals surface area contributed by atoms with Crippen molar-refractivity contribution in [3.05, 3.63) is 93.7 Å². The highest BCUT2D eigenvalue weighted by molar-refractivity contribution is 6.32. The Hall–Kier alpha value is -4.24. The quantitative estimate of drug-likeness (QED) is 0.111. The van der Waals surface area contributed by atoms with Gasteiger partial charge in [0.1, 0.15) is 22.0 Å². The molecule has 3 aromatic heterocycles. The van der Waals surface area contributed by atoms with Crippen LogP contribution in [-0.2, 0) is 20.6 Å². The van der Waals surface area contributed by atoms with Crippen LogP contribution in [0.15, 0.2) is 55.0 Å². The number of aromatic nitrogens is 3. The summed E-state index contributed by atoms with van der Waals surface area (Å²) >= 11 is 5.93. The van der Waals surface area contributed by atoms with Crippen molar-refractivity contribution in [3.63, 3.8) is 0 Å². The normalized spacial score (nSPS) is 14.8. The number of carbonyl (C=O) groups is 3. The molecule has 4 aromatic rings. The summed E-state index contributed by atoms with van der Waals surface area (Å²) in [7, 11) is 0. The SMILES string of the molecule is CC(C)(C)OC(=O)c1cc(C2CC2)cnc1Cc1cccc2c1ccn2C(=O)OC(C)(C)C.CC(C)(C)OC(=O)c1cc(C2CC2)cnc1Cl. The fourth-order valence-electron chi connectivity index (χ4n) is 5.42. The Bertz CT molecular complexity index is 1900. The third kappa shape index (κ3) is 9.93. The second-order valence-electron chi connectivity index (χ2n) is 16.1. The fourth-order valence-corrected chi connectivity index (χ4v) is 5.60. The molecule has 2 saturated carbocycles. The van der Waals surface area contributed by atoms with Gasteiger partial charge in [0, 0.05) is 30.4 Å². The molecule has 0 bridgehead atoms. The second-order valence-corrected chi connectivity index (χ2v) is 16.5. The van der Waals surface area contributed by atoms with Crippen molar-refractivity contribution in [2.75, 3.05) is 0 Å². The summed E-state index contributed by atoms with van der Waals surface area (Å²) in [5.41, 5.74) is 3.77. The standard InChI is InChI=1S/C27H32N2O4.C13H16ClNO2/c1-26(2,3)32-24(30)21-14-19(17-10-11-17)16-28-22(21)15-18-8-7-9-23-20(18)12-13-29(23)25(31)33-27(4,5)6;1-13(2,3)17-12(16)10-6-9(8-4-5-8)7-15-11(10)14/h7-9,12-14,16-17H,10-11,15H2,1-6H3;6-8H,4-5H2,1-3H3.